The summed E-state index contributed by atoms with van der Waals surface area (Å²) in [4.78, 5) is 11.3. The van der Waals surface area contributed by atoms with Crippen LogP contribution in [0, 0.1) is 5.82 Å². The number of rotatable bonds is 3. The van der Waals surface area contributed by atoms with E-state index in [1.165, 1.54) is 12.1 Å². The lowest BCUT2D eigenvalue weighted by Gasteiger charge is -2.00. The minimum Gasteiger partial charge on any atom is -0.294 e. The Morgan fingerprint density at radius 2 is 2.15 bits per heavy atom. The van der Waals surface area contributed by atoms with E-state index < -0.39 is 5.82 Å². The van der Waals surface area contributed by atoms with Crippen molar-refractivity contribution in [3.05, 3.63) is 34.1 Å². The van der Waals surface area contributed by atoms with Crippen LogP contribution < -0.4 is 0 Å². The van der Waals surface area contributed by atoms with Crippen LogP contribution in [-0.4, -0.2) is 11.1 Å². The van der Waals surface area contributed by atoms with E-state index in [9.17, 15) is 9.18 Å². The number of benzene rings is 1. The van der Waals surface area contributed by atoms with Gasteiger partial charge in [-0.25, -0.2) is 4.39 Å². The van der Waals surface area contributed by atoms with Crippen LogP contribution >= 0.6 is 31.9 Å². The van der Waals surface area contributed by atoms with Crippen molar-refractivity contribution in [1.82, 2.24) is 0 Å². The van der Waals surface area contributed by atoms with Crippen molar-refractivity contribution in [2.45, 2.75) is 6.42 Å². The van der Waals surface area contributed by atoms with Gasteiger partial charge in [-0.2, -0.15) is 0 Å². The number of hydrogen-bond acceptors (Lipinski definition) is 1. The Labute approximate surface area is 92.6 Å². The van der Waals surface area contributed by atoms with Crippen molar-refractivity contribution in [3.63, 3.8) is 0 Å². The van der Waals surface area contributed by atoms with Gasteiger partial charge in [-0.1, -0.05) is 31.9 Å². The SMILES string of the molecule is O=C(CCBr)c1ccc(Br)cc1F. The zero-order chi connectivity index (χ0) is 9.84. The molecule has 0 aromatic heterocycles. The quantitative estimate of drug-likeness (QED) is 0.616. The second-order valence-corrected chi connectivity index (χ2v) is 4.20. The summed E-state index contributed by atoms with van der Waals surface area (Å²) in [5.74, 6) is -0.651. The van der Waals surface area contributed by atoms with Crippen molar-refractivity contribution in [3.8, 4) is 0 Å². The topological polar surface area (TPSA) is 17.1 Å². The fourth-order valence-electron chi connectivity index (χ4n) is 0.936. The van der Waals surface area contributed by atoms with Crippen molar-refractivity contribution >= 4 is 37.6 Å². The van der Waals surface area contributed by atoms with Crippen LogP contribution in [0.5, 0.6) is 0 Å². The molecule has 70 valence electrons. The third-order valence-electron chi connectivity index (χ3n) is 1.55. The minimum atomic E-state index is -0.472. The highest BCUT2D eigenvalue weighted by molar-refractivity contribution is 9.10. The van der Waals surface area contributed by atoms with Crippen LogP contribution in [0.4, 0.5) is 4.39 Å². The van der Waals surface area contributed by atoms with Crippen LogP contribution in [0.15, 0.2) is 22.7 Å². The van der Waals surface area contributed by atoms with Crippen LogP contribution in [0.1, 0.15) is 16.8 Å². The summed E-state index contributed by atoms with van der Waals surface area (Å²) in [6.45, 7) is 0. The van der Waals surface area contributed by atoms with Gasteiger partial charge in [-0.15, -0.1) is 0 Å². The van der Waals surface area contributed by atoms with E-state index in [1.54, 1.807) is 6.07 Å². The first kappa shape index (κ1) is 10.9. The highest BCUT2D eigenvalue weighted by Crippen LogP contribution is 2.16. The van der Waals surface area contributed by atoms with Gasteiger partial charge >= 0.3 is 0 Å². The molecule has 0 fully saturated rings. The number of hydrogen-bond donors (Lipinski definition) is 0. The van der Waals surface area contributed by atoms with E-state index in [2.05, 4.69) is 31.9 Å². The zero-order valence-electron chi connectivity index (χ0n) is 6.69. The molecule has 0 aliphatic heterocycles. The molecule has 0 aliphatic carbocycles. The molecular formula is C9H7Br2FO. The molecule has 0 bridgehead atoms. The van der Waals surface area contributed by atoms with E-state index in [4.69, 9.17) is 0 Å². The second kappa shape index (κ2) is 4.86. The van der Waals surface area contributed by atoms with Gasteiger partial charge in [0.25, 0.3) is 0 Å². The summed E-state index contributed by atoms with van der Waals surface area (Å²) in [6.07, 6.45) is 0.318. The first-order valence-corrected chi connectivity index (χ1v) is 5.61. The molecule has 1 rings (SSSR count). The highest BCUT2D eigenvalue weighted by atomic mass is 79.9. The molecule has 0 radical (unpaired) electrons. The summed E-state index contributed by atoms with van der Waals surface area (Å²) >= 11 is 6.26. The maximum absolute atomic E-state index is 13.2. The minimum absolute atomic E-state index is 0.155. The third kappa shape index (κ3) is 2.88. The zero-order valence-corrected chi connectivity index (χ0v) is 9.86. The lowest BCUT2D eigenvalue weighted by molar-refractivity contribution is 0.0986. The lowest BCUT2D eigenvalue weighted by atomic mass is 10.1. The second-order valence-electron chi connectivity index (χ2n) is 2.49. The van der Waals surface area contributed by atoms with Gasteiger partial charge in [-0.05, 0) is 18.2 Å². The number of Topliss-reactive ketones (excluding diaryl/α,β-unsaturated/α-hetero) is 1. The molecule has 0 atom stereocenters. The van der Waals surface area contributed by atoms with E-state index in [0.29, 0.717) is 16.2 Å². The first-order valence-electron chi connectivity index (χ1n) is 3.69. The maximum atomic E-state index is 13.2. The summed E-state index contributed by atoms with van der Waals surface area (Å²) in [5.41, 5.74) is 0.155. The molecule has 1 aromatic rings. The predicted molar refractivity (Wildman–Crippen MR) is 56.8 cm³/mol. The molecule has 1 aromatic carbocycles. The molecule has 0 aliphatic rings. The number of alkyl halides is 1. The molecule has 0 spiro atoms. The summed E-state index contributed by atoms with van der Waals surface area (Å²) in [6, 6.07) is 4.44. The average Bonchev–Trinajstić information content (AvgIpc) is 2.04. The van der Waals surface area contributed by atoms with E-state index in [0.717, 1.165) is 0 Å². The van der Waals surface area contributed by atoms with Gasteiger partial charge in [0.2, 0.25) is 0 Å². The summed E-state index contributed by atoms with van der Waals surface area (Å²) in [7, 11) is 0. The Bertz CT molecular complexity index is 325. The maximum Gasteiger partial charge on any atom is 0.166 e. The molecule has 0 saturated carbocycles. The van der Waals surface area contributed by atoms with Gasteiger partial charge in [0.05, 0.1) is 5.56 Å². The average molecular weight is 310 g/mol. The van der Waals surface area contributed by atoms with Crippen molar-refractivity contribution < 1.29 is 9.18 Å². The van der Waals surface area contributed by atoms with Crippen molar-refractivity contribution in [2.75, 3.05) is 5.33 Å². The third-order valence-corrected chi connectivity index (χ3v) is 2.44. The van der Waals surface area contributed by atoms with E-state index in [1.807, 2.05) is 0 Å². The number of ketones is 1. The smallest absolute Gasteiger partial charge is 0.166 e. The molecular weight excluding hydrogens is 303 g/mol. The highest BCUT2D eigenvalue weighted by Gasteiger charge is 2.10. The largest absolute Gasteiger partial charge is 0.294 e. The lowest BCUT2D eigenvalue weighted by Crippen LogP contribution is -2.02. The molecule has 0 unspecified atom stereocenters. The van der Waals surface area contributed by atoms with E-state index >= 15 is 0 Å². The van der Waals surface area contributed by atoms with E-state index in [-0.39, 0.29) is 11.3 Å². The standard InChI is InChI=1S/C9H7Br2FO/c10-4-3-9(13)7-2-1-6(11)5-8(7)12/h1-2,5H,3-4H2. The Balaban J connectivity index is 2.95. The Hall–Kier alpha value is -0.220. The van der Waals surface area contributed by atoms with Gasteiger partial charge in [0.1, 0.15) is 5.82 Å². The van der Waals surface area contributed by atoms with Crippen LogP contribution in [0.3, 0.4) is 0 Å². The number of carbonyl (C=O) groups excluding carboxylic acids is 1. The predicted octanol–water partition coefficient (Wildman–Crippen LogP) is 3.56. The van der Waals surface area contributed by atoms with Gasteiger partial charge in [-0.3, -0.25) is 4.79 Å². The molecule has 13 heavy (non-hydrogen) atoms. The van der Waals surface area contributed by atoms with Gasteiger partial charge < -0.3 is 0 Å². The van der Waals surface area contributed by atoms with Crippen molar-refractivity contribution in [1.29, 1.82) is 0 Å². The molecule has 0 amide bonds. The monoisotopic (exact) mass is 308 g/mol. The van der Waals surface area contributed by atoms with Crippen LogP contribution in [0.25, 0.3) is 0 Å². The van der Waals surface area contributed by atoms with Crippen LogP contribution in [-0.2, 0) is 0 Å². The molecule has 1 nitrogen and oxygen atoms in total. The van der Waals surface area contributed by atoms with Crippen molar-refractivity contribution in [2.24, 2.45) is 0 Å². The van der Waals surface area contributed by atoms with Crippen LogP contribution in [0.2, 0.25) is 0 Å². The number of carbonyl (C=O) groups is 1. The Morgan fingerprint density at radius 3 is 2.69 bits per heavy atom. The number of halogens is 3. The fourth-order valence-corrected chi connectivity index (χ4v) is 1.63. The summed E-state index contributed by atoms with van der Waals surface area (Å²) < 4.78 is 13.8. The Morgan fingerprint density at radius 1 is 1.46 bits per heavy atom. The molecule has 0 N–H and O–H groups in total. The first-order chi connectivity index (χ1) is 6.15. The summed E-state index contributed by atoms with van der Waals surface area (Å²) in [5, 5.41) is 0.557. The Kier molecular flexibility index (Phi) is 4.06. The molecule has 0 saturated heterocycles. The molecule has 4 heteroatoms. The fraction of sp³-hybridized carbons (Fsp3) is 0.222. The normalized spacial score (nSPS) is 10.1. The van der Waals surface area contributed by atoms with Gasteiger partial charge in [0.15, 0.2) is 5.78 Å². The molecule has 0 heterocycles. The van der Waals surface area contributed by atoms with Gasteiger partial charge in [0, 0.05) is 16.2 Å².